The number of para-hydroxylation sites is 2. The van der Waals surface area contributed by atoms with Gasteiger partial charge in [-0.1, -0.05) is 18.2 Å². The Balaban J connectivity index is 1.64. The summed E-state index contributed by atoms with van der Waals surface area (Å²) in [5.74, 6) is -0.0818. The van der Waals surface area contributed by atoms with Crippen LogP contribution in [0.1, 0.15) is 18.5 Å². The minimum absolute atomic E-state index is 0.259. The van der Waals surface area contributed by atoms with Crippen LogP contribution in [0.4, 0.5) is 10.5 Å². The molecule has 1 aliphatic rings. The summed E-state index contributed by atoms with van der Waals surface area (Å²) < 4.78 is 5.80. The fourth-order valence-corrected chi connectivity index (χ4v) is 2.92. The molecule has 0 bridgehead atoms. The van der Waals surface area contributed by atoms with Crippen LogP contribution in [0.2, 0.25) is 0 Å². The zero-order valence-electron chi connectivity index (χ0n) is 14.4. The van der Waals surface area contributed by atoms with Crippen LogP contribution >= 0.6 is 0 Å². The van der Waals surface area contributed by atoms with Crippen LogP contribution in [0.3, 0.4) is 0 Å². The van der Waals surface area contributed by atoms with Crippen LogP contribution in [0, 0.1) is 5.92 Å². The van der Waals surface area contributed by atoms with Gasteiger partial charge in [-0.15, -0.1) is 0 Å². The zero-order valence-corrected chi connectivity index (χ0v) is 14.4. The molecule has 7 heteroatoms. The van der Waals surface area contributed by atoms with E-state index in [1.807, 2.05) is 30.3 Å². The van der Waals surface area contributed by atoms with Gasteiger partial charge in [-0.25, -0.2) is 4.79 Å². The van der Waals surface area contributed by atoms with Crippen molar-refractivity contribution < 1.29 is 14.3 Å². The maximum atomic E-state index is 12.6. The largest absolute Gasteiger partial charge is 0.485 e. The predicted molar refractivity (Wildman–Crippen MR) is 97.5 cm³/mol. The topological polar surface area (TPSA) is 97.6 Å². The van der Waals surface area contributed by atoms with Crippen molar-refractivity contribution in [2.75, 3.05) is 18.4 Å². The molecule has 1 aromatic carbocycles. The number of benzene rings is 1. The third kappa shape index (κ3) is 4.50. The van der Waals surface area contributed by atoms with E-state index < -0.39 is 0 Å². The number of anilines is 1. The fraction of sp³-hybridized carbons (Fsp3) is 0.316. The number of nitrogens with one attached hydrogen (secondary N) is 1. The van der Waals surface area contributed by atoms with Crippen molar-refractivity contribution in [1.29, 1.82) is 0 Å². The summed E-state index contributed by atoms with van der Waals surface area (Å²) in [6, 6.07) is 12.6. The van der Waals surface area contributed by atoms with Crippen molar-refractivity contribution in [2.45, 2.75) is 19.4 Å². The van der Waals surface area contributed by atoms with E-state index in [-0.39, 0.29) is 17.9 Å². The molecule has 1 aromatic heterocycles. The van der Waals surface area contributed by atoms with Gasteiger partial charge in [0.05, 0.1) is 17.3 Å². The number of carbonyl (C=O) groups is 2. The van der Waals surface area contributed by atoms with Crippen molar-refractivity contribution >= 4 is 17.6 Å². The Morgan fingerprint density at radius 1 is 1.23 bits per heavy atom. The number of rotatable bonds is 5. The Bertz CT molecular complexity index is 766. The van der Waals surface area contributed by atoms with Crippen LogP contribution in [-0.2, 0) is 11.4 Å². The summed E-state index contributed by atoms with van der Waals surface area (Å²) in [6.07, 6.45) is 3.19. The number of carbonyl (C=O) groups excluding carboxylic acids is 2. The minimum atomic E-state index is -0.360. The lowest BCUT2D eigenvalue weighted by Crippen LogP contribution is -2.45. The number of nitrogens with two attached hydrogens (primary N) is 1. The molecule has 0 saturated carbocycles. The highest BCUT2D eigenvalue weighted by Gasteiger charge is 2.27. The molecule has 1 aliphatic heterocycles. The molecule has 3 N–H and O–H groups in total. The van der Waals surface area contributed by atoms with Gasteiger partial charge < -0.3 is 20.7 Å². The molecule has 3 amide bonds. The van der Waals surface area contributed by atoms with E-state index in [1.54, 1.807) is 23.2 Å². The lowest BCUT2D eigenvalue weighted by molar-refractivity contribution is -0.123. The summed E-state index contributed by atoms with van der Waals surface area (Å²) in [5, 5.41) is 2.87. The molecule has 26 heavy (non-hydrogen) atoms. The number of amides is 3. The first-order valence-corrected chi connectivity index (χ1v) is 8.60. The van der Waals surface area contributed by atoms with Gasteiger partial charge >= 0.3 is 6.03 Å². The number of piperidine rings is 1. The Morgan fingerprint density at radius 2 is 2.04 bits per heavy atom. The van der Waals surface area contributed by atoms with Gasteiger partial charge in [0.15, 0.2) is 0 Å². The predicted octanol–water partition coefficient (Wildman–Crippen LogP) is 2.39. The molecule has 0 unspecified atom stereocenters. The van der Waals surface area contributed by atoms with Crippen LogP contribution in [0.15, 0.2) is 48.7 Å². The van der Waals surface area contributed by atoms with E-state index in [2.05, 4.69) is 10.3 Å². The molecule has 2 heterocycles. The summed E-state index contributed by atoms with van der Waals surface area (Å²) in [4.78, 5) is 29.8. The molecular formula is C19H22N4O3. The van der Waals surface area contributed by atoms with Gasteiger partial charge in [0.2, 0.25) is 5.91 Å². The number of ether oxygens (including phenoxy) is 1. The highest BCUT2D eigenvalue weighted by Crippen LogP contribution is 2.26. The van der Waals surface area contributed by atoms with Crippen LogP contribution < -0.4 is 15.8 Å². The number of likely N-dealkylation sites (tertiary alicyclic amines) is 1. The number of nitrogens with zero attached hydrogens (tertiary/aromatic N) is 2. The molecule has 0 aliphatic carbocycles. The van der Waals surface area contributed by atoms with Crippen molar-refractivity contribution in [2.24, 2.45) is 11.7 Å². The second-order valence-electron chi connectivity index (χ2n) is 6.22. The molecule has 1 saturated heterocycles. The Kier molecular flexibility index (Phi) is 5.68. The SMILES string of the molecule is NC(=O)[C@H]1CCCN(C(=O)Nc2ccccc2OCc2ccccn2)C1. The van der Waals surface area contributed by atoms with Crippen molar-refractivity contribution in [1.82, 2.24) is 9.88 Å². The summed E-state index contributed by atoms with van der Waals surface area (Å²) in [6.45, 7) is 1.26. The average molecular weight is 354 g/mol. The number of aromatic nitrogens is 1. The number of primary amides is 1. The van der Waals surface area contributed by atoms with Gasteiger partial charge in [-0.3, -0.25) is 9.78 Å². The standard InChI is InChI=1S/C19H22N4O3/c20-18(24)14-6-5-11-23(12-14)19(25)22-16-8-1-2-9-17(16)26-13-15-7-3-4-10-21-15/h1-4,7-10,14H,5-6,11-13H2,(H2,20,24)(H,22,25)/t14-/m0/s1. The molecule has 3 rings (SSSR count). The maximum Gasteiger partial charge on any atom is 0.321 e. The lowest BCUT2D eigenvalue weighted by atomic mass is 9.98. The second-order valence-corrected chi connectivity index (χ2v) is 6.22. The third-order valence-corrected chi connectivity index (χ3v) is 4.34. The highest BCUT2D eigenvalue weighted by molar-refractivity contribution is 5.91. The molecule has 2 aromatic rings. The molecule has 7 nitrogen and oxygen atoms in total. The van der Waals surface area contributed by atoms with Gasteiger partial charge in [-0.05, 0) is 37.1 Å². The first kappa shape index (κ1) is 17.7. The van der Waals surface area contributed by atoms with E-state index >= 15 is 0 Å². The van der Waals surface area contributed by atoms with Crippen LogP contribution in [0.5, 0.6) is 5.75 Å². The molecular weight excluding hydrogens is 332 g/mol. The molecule has 0 spiro atoms. The number of hydrogen-bond donors (Lipinski definition) is 2. The van der Waals surface area contributed by atoms with E-state index in [1.165, 1.54) is 0 Å². The van der Waals surface area contributed by atoms with Gasteiger partial charge in [0, 0.05) is 19.3 Å². The van der Waals surface area contributed by atoms with Crippen molar-refractivity contribution in [3.63, 3.8) is 0 Å². The normalized spacial score (nSPS) is 16.8. The number of pyridine rings is 1. The van der Waals surface area contributed by atoms with Gasteiger partial charge in [0.25, 0.3) is 0 Å². The second kappa shape index (κ2) is 8.33. The third-order valence-electron chi connectivity index (χ3n) is 4.34. The Hall–Kier alpha value is -3.09. The summed E-state index contributed by atoms with van der Waals surface area (Å²) >= 11 is 0. The first-order valence-electron chi connectivity index (χ1n) is 8.60. The van der Waals surface area contributed by atoms with Gasteiger partial charge in [-0.2, -0.15) is 0 Å². The van der Waals surface area contributed by atoms with E-state index in [0.29, 0.717) is 31.1 Å². The minimum Gasteiger partial charge on any atom is -0.485 e. The molecule has 0 radical (unpaired) electrons. The Morgan fingerprint density at radius 3 is 2.81 bits per heavy atom. The summed E-state index contributed by atoms with van der Waals surface area (Å²) in [7, 11) is 0. The smallest absolute Gasteiger partial charge is 0.321 e. The fourth-order valence-electron chi connectivity index (χ4n) is 2.92. The van der Waals surface area contributed by atoms with Crippen molar-refractivity contribution in [3.8, 4) is 5.75 Å². The average Bonchev–Trinajstić information content (AvgIpc) is 2.68. The maximum absolute atomic E-state index is 12.6. The van der Waals surface area contributed by atoms with E-state index in [0.717, 1.165) is 18.5 Å². The zero-order chi connectivity index (χ0) is 18.4. The Labute approximate surface area is 152 Å². The quantitative estimate of drug-likeness (QED) is 0.861. The van der Waals surface area contributed by atoms with Gasteiger partial charge in [0.1, 0.15) is 12.4 Å². The first-order chi connectivity index (χ1) is 12.6. The van der Waals surface area contributed by atoms with Crippen LogP contribution in [-0.4, -0.2) is 34.9 Å². The summed E-state index contributed by atoms with van der Waals surface area (Å²) in [5.41, 5.74) is 6.76. The van der Waals surface area contributed by atoms with Crippen molar-refractivity contribution in [3.05, 3.63) is 54.4 Å². The van der Waals surface area contributed by atoms with E-state index in [4.69, 9.17) is 10.5 Å². The van der Waals surface area contributed by atoms with E-state index in [9.17, 15) is 9.59 Å². The number of hydrogen-bond acceptors (Lipinski definition) is 4. The highest BCUT2D eigenvalue weighted by atomic mass is 16.5. The van der Waals surface area contributed by atoms with Crippen LogP contribution in [0.25, 0.3) is 0 Å². The lowest BCUT2D eigenvalue weighted by Gasteiger charge is -2.31. The molecule has 136 valence electrons. The number of urea groups is 1. The molecule has 1 atom stereocenters. The molecule has 1 fully saturated rings. The monoisotopic (exact) mass is 354 g/mol.